The highest BCUT2D eigenvalue weighted by molar-refractivity contribution is 9.10. The molecule has 0 spiro atoms. The molecule has 0 aliphatic heterocycles. The molecule has 0 amide bonds. The zero-order valence-electron chi connectivity index (χ0n) is 11.5. The molecule has 0 unspecified atom stereocenters. The molecule has 5 heteroatoms. The van der Waals surface area contributed by atoms with Gasteiger partial charge in [-0.2, -0.15) is 0 Å². The number of nitrogens with zero attached hydrogens (tertiary/aromatic N) is 2. The zero-order valence-corrected chi connectivity index (χ0v) is 13.9. The van der Waals surface area contributed by atoms with Crippen molar-refractivity contribution in [3.63, 3.8) is 0 Å². The maximum absolute atomic E-state index is 6.10. The lowest BCUT2D eigenvalue weighted by Gasteiger charge is -2.10. The van der Waals surface area contributed by atoms with Crippen molar-refractivity contribution >= 4 is 38.6 Å². The summed E-state index contributed by atoms with van der Waals surface area (Å²) in [4.78, 5) is 4.65. The number of aromatic nitrogens is 2. The number of halogens is 2. The third-order valence-electron chi connectivity index (χ3n) is 3.23. The first-order valence-electron chi connectivity index (χ1n) is 6.70. The van der Waals surface area contributed by atoms with Crippen LogP contribution in [-0.4, -0.2) is 16.2 Å². The fraction of sp³-hybridized carbons (Fsp3) is 0.188. The van der Waals surface area contributed by atoms with Crippen molar-refractivity contribution in [2.24, 2.45) is 0 Å². The minimum atomic E-state index is 0.335. The Morgan fingerprint density at radius 3 is 2.71 bits per heavy atom. The average Bonchev–Trinajstić information content (AvgIpc) is 2.88. The first-order chi connectivity index (χ1) is 10.3. The van der Waals surface area contributed by atoms with Gasteiger partial charge in [-0.15, -0.1) is 11.6 Å². The number of imidazole rings is 1. The van der Waals surface area contributed by atoms with Gasteiger partial charge in [0, 0.05) is 4.47 Å². The third-order valence-corrected chi connectivity index (χ3v) is 4.14. The summed E-state index contributed by atoms with van der Waals surface area (Å²) in [5.41, 5.74) is 2.85. The van der Waals surface area contributed by atoms with Gasteiger partial charge in [0.1, 0.15) is 17.1 Å². The van der Waals surface area contributed by atoms with Gasteiger partial charge in [0.15, 0.2) is 0 Å². The smallest absolute Gasteiger partial charge is 0.147 e. The van der Waals surface area contributed by atoms with Crippen molar-refractivity contribution in [2.75, 3.05) is 6.61 Å². The summed E-state index contributed by atoms with van der Waals surface area (Å²) >= 11 is 9.69. The Bertz CT molecular complexity index is 785. The van der Waals surface area contributed by atoms with Crippen LogP contribution in [0.2, 0.25) is 0 Å². The van der Waals surface area contributed by atoms with E-state index in [-0.39, 0.29) is 0 Å². The molecule has 2 aromatic carbocycles. The summed E-state index contributed by atoms with van der Waals surface area (Å²) in [5, 5.41) is 0. The van der Waals surface area contributed by atoms with Crippen LogP contribution in [0, 0.1) is 0 Å². The second-order valence-electron chi connectivity index (χ2n) is 4.51. The number of fused-ring (bicyclic) bond motifs is 1. The Morgan fingerprint density at radius 2 is 2.00 bits per heavy atom. The monoisotopic (exact) mass is 364 g/mol. The van der Waals surface area contributed by atoms with Crippen LogP contribution < -0.4 is 4.74 Å². The first-order valence-corrected chi connectivity index (χ1v) is 8.03. The van der Waals surface area contributed by atoms with Crippen LogP contribution in [0.1, 0.15) is 12.7 Å². The number of hydrogen-bond acceptors (Lipinski definition) is 2. The van der Waals surface area contributed by atoms with Gasteiger partial charge in [-0.25, -0.2) is 4.98 Å². The molecule has 1 aromatic heterocycles. The van der Waals surface area contributed by atoms with Crippen molar-refractivity contribution in [3.05, 3.63) is 52.8 Å². The number of hydrogen-bond donors (Lipinski definition) is 0. The van der Waals surface area contributed by atoms with Gasteiger partial charge in [-0.05, 0) is 47.1 Å². The van der Waals surface area contributed by atoms with Gasteiger partial charge >= 0.3 is 0 Å². The van der Waals surface area contributed by atoms with E-state index < -0.39 is 0 Å². The number of para-hydroxylation sites is 2. The van der Waals surface area contributed by atoms with Crippen LogP contribution >= 0.6 is 27.5 Å². The number of benzene rings is 2. The minimum absolute atomic E-state index is 0.335. The third kappa shape index (κ3) is 2.54. The Hall–Kier alpha value is -1.52. The summed E-state index contributed by atoms with van der Waals surface area (Å²) in [6.07, 6.45) is 0. The van der Waals surface area contributed by atoms with Crippen LogP contribution in [0.25, 0.3) is 16.7 Å². The Balaban J connectivity index is 2.32. The van der Waals surface area contributed by atoms with E-state index in [0.717, 1.165) is 32.8 Å². The van der Waals surface area contributed by atoms with E-state index in [4.69, 9.17) is 16.3 Å². The van der Waals surface area contributed by atoms with Gasteiger partial charge < -0.3 is 4.74 Å². The van der Waals surface area contributed by atoms with E-state index >= 15 is 0 Å². The molecule has 0 aliphatic carbocycles. The standard InChI is InChI=1S/C16H14BrClN2O/c1-2-21-14-9-5-8-13-16(14)19-15(10-18)20(13)12-7-4-3-6-11(12)17/h3-9H,2,10H2,1H3. The van der Waals surface area contributed by atoms with E-state index in [2.05, 4.69) is 25.5 Å². The molecule has 3 aromatic rings. The second kappa shape index (κ2) is 6.08. The molecule has 3 rings (SSSR count). The molecule has 1 heterocycles. The molecule has 21 heavy (non-hydrogen) atoms. The predicted octanol–water partition coefficient (Wildman–Crippen LogP) is 4.93. The Labute approximate surface area is 136 Å². The fourth-order valence-electron chi connectivity index (χ4n) is 2.39. The molecule has 0 aliphatic rings. The van der Waals surface area contributed by atoms with Gasteiger partial charge in [-0.1, -0.05) is 18.2 Å². The van der Waals surface area contributed by atoms with Gasteiger partial charge in [-0.3, -0.25) is 4.57 Å². The van der Waals surface area contributed by atoms with Crippen LogP contribution in [0.4, 0.5) is 0 Å². The SMILES string of the molecule is CCOc1cccc2c1nc(CCl)n2-c1ccccc1Br. The molecule has 0 N–H and O–H groups in total. The molecule has 0 radical (unpaired) electrons. The molecule has 0 saturated heterocycles. The van der Waals surface area contributed by atoms with Crippen molar-refractivity contribution in [3.8, 4) is 11.4 Å². The second-order valence-corrected chi connectivity index (χ2v) is 5.63. The van der Waals surface area contributed by atoms with Crippen molar-refractivity contribution in [1.29, 1.82) is 0 Å². The van der Waals surface area contributed by atoms with Crippen molar-refractivity contribution < 1.29 is 4.74 Å². The normalized spacial score (nSPS) is 11.0. The zero-order chi connectivity index (χ0) is 14.8. The highest BCUT2D eigenvalue weighted by Gasteiger charge is 2.16. The molecular formula is C16H14BrClN2O. The Kier molecular flexibility index (Phi) is 4.17. The van der Waals surface area contributed by atoms with E-state index in [1.54, 1.807) is 0 Å². The van der Waals surface area contributed by atoms with Gasteiger partial charge in [0.25, 0.3) is 0 Å². The van der Waals surface area contributed by atoms with E-state index in [9.17, 15) is 0 Å². The largest absolute Gasteiger partial charge is 0.492 e. The molecule has 3 nitrogen and oxygen atoms in total. The summed E-state index contributed by atoms with van der Waals surface area (Å²) in [5.74, 6) is 1.92. The molecule has 0 saturated carbocycles. The molecule has 0 fully saturated rings. The lowest BCUT2D eigenvalue weighted by molar-refractivity contribution is 0.343. The first kappa shape index (κ1) is 14.4. The van der Waals surface area contributed by atoms with E-state index in [1.807, 2.05) is 49.4 Å². The highest BCUT2D eigenvalue weighted by atomic mass is 79.9. The van der Waals surface area contributed by atoms with E-state index in [0.29, 0.717) is 12.5 Å². The number of ether oxygens (including phenoxy) is 1. The van der Waals surface area contributed by atoms with Gasteiger partial charge in [0.05, 0.1) is 23.7 Å². The lowest BCUT2D eigenvalue weighted by atomic mass is 10.2. The number of alkyl halides is 1. The maximum atomic E-state index is 6.10. The van der Waals surface area contributed by atoms with Crippen LogP contribution in [0.3, 0.4) is 0 Å². The molecule has 0 atom stereocenters. The Morgan fingerprint density at radius 1 is 1.19 bits per heavy atom. The fourth-order valence-corrected chi connectivity index (χ4v) is 3.03. The minimum Gasteiger partial charge on any atom is -0.492 e. The summed E-state index contributed by atoms with van der Waals surface area (Å²) in [7, 11) is 0. The van der Waals surface area contributed by atoms with E-state index in [1.165, 1.54) is 0 Å². The average molecular weight is 366 g/mol. The van der Waals surface area contributed by atoms with Crippen LogP contribution in [0.5, 0.6) is 5.75 Å². The molecule has 0 bridgehead atoms. The predicted molar refractivity (Wildman–Crippen MR) is 89.5 cm³/mol. The van der Waals surface area contributed by atoms with Crippen LogP contribution in [0.15, 0.2) is 46.9 Å². The number of rotatable bonds is 4. The maximum Gasteiger partial charge on any atom is 0.147 e. The lowest BCUT2D eigenvalue weighted by Crippen LogP contribution is -2.00. The van der Waals surface area contributed by atoms with Crippen molar-refractivity contribution in [2.45, 2.75) is 12.8 Å². The summed E-state index contributed by atoms with van der Waals surface area (Å²) in [6, 6.07) is 14.0. The van der Waals surface area contributed by atoms with Gasteiger partial charge in [0.2, 0.25) is 0 Å². The highest BCUT2D eigenvalue weighted by Crippen LogP contribution is 2.31. The topological polar surface area (TPSA) is 27.1 Å². The van der Waals surface area contributed by atoms with Crippen molar-refractivity contribution in [1.82, 2.24) is 9.55 Å². The van der Waals surface area contributed by atoms with Crippen LogP contribution in [-0.2, 0) is 5.88 Å². The quantitative estimate of drug-likeness (QED) is 0.613. The molecular weight excluding hydrogens is 352 g/mol. The molecule has 108 valence electrons. The summed E-state index contributed by atoms with van der Waals surface area (Å²) < 4.78 is 8.73. The summed E-state index contributed by atoms with van der Waals surface area (Å²) in [6.45, 7) is 2.57.